The van der Waals surface area contributed by atoms with Crippen LogP contribution in [0.1, 0.15) is 5.56 Å². The topological polar surface area (TPSA) is 55.6 Å². The summed E-state index contributed by atoms with van der Waals surface area (Å²) in [5.41, 5.74) is 7.86. The van der Waals surface area contributed by atoms with Crippen molar-refractivity contribution in [3.05, 3.63) is 60.2 Å². The van der Waals surface area contributed by atoms with Gasteiger partial charge in [0.2, 0.25) is 5.91 Å². The van der Waals surface area contributed by atoms with Crippen LogP contribution in [0.25, 0.3) is 0 Å². The van der Waals surface area contributed by atoms with Crippen LogP contribution in [0.15, 0.2) is 54.6 Å². The molecular formula is C17H20N2O2. The third-order valence-corrected chi connectivity index (χ3v) is 3.39. The Kier molecular flexibility index (Phi) is 4.95. The molecule has 2 aromatic carbocycles. The summed E-state index contributed by atoms with van der Waals surface area (Å²) in [6.07, 6.45) is 0.522. The summed E-state index contributed by atoms with van der Waals surface area (Å²) in [4.78, 5) is 14.0. The summed E-state index contributed by atoms with van der Waals surface area (Å²) in [5.74, 6) is 0.593. The van der Waals surface area contributed by atoms with Crippen LogP contribution in [0.2, 0.25) is 0 Å². The fourth-order valence-electron chi connectivity index (χ4n) is 2.15. The lowest BCUT2D eigenvalue weighted by molar-refractivity contribution is -0.119. The lowest BCUT2D eigenvalue weighted by Crippen LogP contribution is -2.43. The molecule has 0 unspecified atom stereocenters. The highest BCUT2D eigenvalue weighted by molar-refractivity contribution is 5.96. The first kappa shape index (κ1) is 15.1. The molecule has 2 rings (SSSR count). The Morgan fingerprint density at radius 1 is 1.19 bits per heavy atom. The number of carbonyl (C=O) groups is 1. The number of hydrogen-bond donors (Lipinski definition) is 1. The van der Waals surface area contributed by atoms with Gasteiger partial charge < -0.3 is 15.4 Å². The largest absolute Gasteiger partial charge is 0.497 e. The van der Waals surface area contributed by atoms with Crippen molar-refractivity contribution >= 4 is 11.6 Å². The summed E-state index contributed by atoms with van der Waals surface area (Å²) in [6, 6.07) is 16.6. The number of methoxy groups -OCH3 is 1. The van der Waals surface area contributed by atoms with Gasteiger partial charge in [-0.05, 0) is 24.1 Å². The van der Waals surface area contributed by atoms with E-state index in [0.29, 0.717) is 12.2 Å². The third-order valence-electron chi connectivity index (χ3n) is 3.39. The summed E-state index contributed by atoms with van der Waals surface area (Å²) < 4.78 is 5.17. The van der Waals surface area contributed by atoms with E-state index in [1.54, 1.807) is 19.1 Å². The van der Waals surface area contributed by atoms with Gasteiger partial charge in [-0.15, -0.1) is 0 Å². The summed E-state index contributed by atoms with van der Waals surface area (Å²) >= 11 is 0. The third kappa shape index (κ3) is 3.83. The molecule has 4 heteroatoms. The summed E-state index contributed by atoms with van der Waals surface area (Å²) in [5, 5.41) is 0. The molecule has 0 radical (unpaired) electrons. The highest BCUT2D eigenvalue weighted by Crippen LogP contribution is 2.20. The minimum atomic E-state index is -0.566. The van der Waals surface area contributed by atoms with Gasteiger partial charge in [-0.1, -0.05) is 36.4 Å². The fraction of sp³-hybridized carbons (Fsp3) is 0.235. The molecule has 0 spiro atoms. The van der Waals surface area contributed by atoms with Crippen LogP contribution < -0.4 is 15.4 Å². The SMILES string of the molecule is COc1cccc(N(C)C(=O)[C@@H](N)Cc2ccccc2)c1. The molecule has 4 nitrogen and oxygen atoms in total. The zero-order valence-electron chi connectivity index (χ0n) is 12.3. The quantitative estimate of drug-likeness (QED) is 0.916. The second-order valence-electron chi connectivity index (χ2n) is 4.89. The van der Waals surface area contributed by atoms with Crippen molar-refractivity contribution in [2.45, 2.75) is 12.5 Å². The van der Waals surface area contributed by atoms with Gasteiger partial charge in [-0.3, -0.25) is 4.79 Å². The zero-order valence-corrected chi connectivity index (χ0v) is 12.3. The van der Waals surface area contributed by atoms with E-state index in [9.17, 15) is 4.79 Å². The molecule has 110 valence electrons. The number of amides is 1. The Bertz CT molecular complexity index is 599. The van der Waals surface area contributed by atoms with E-state index in [2.05, 4.69) is 0 Å². The van der Waals surface area contributed by atoms with Crippen LogP contribution in [0.5, 0.6) is 5.75 Å². The fourth-order valence-corrected chi connectivity index (χ4v) is 2.15. The van der Waals surface area contributed by atoms with Crippen LogP contribution in [0.4, 0.5) is 5.69 Å². The smallest absolute Gasteiger partial charge is 0.243 e. The molecule has 0 saturated carbocycles. The molecule has 0 saturated heterocycles. The molecule has 0 bridgehead atoms. The van der Waals surface area contributed by atoms with E-state index in [4.69, 9.17) is 10.5 Å². The molecule has 0 aliphatic heterocycles. The molecule has 2 N–H and O–H groups in total. The second-order valence-corrected chi connectivity index (χ2v) is 4.89. The standard InChI is InChI=1S/C17H20N2O2/c1-19(14-9-6-10-15(12-14)21-2)17(20)16(18)11-13-7-4-3-5-8-13/h3-10,12,16H,11,18H2,1-2H3/t16-/m0/s1. The highest BCUT2D eigenvalue weighted by Gasteiger charge is 2.19. The average molecular weight is 284 g/mol. The first-order valence-corrected chi connectivity index (χ1v) is 6.83. The molecule has 0 aromatic heterocycles. The Labute approximate surface area is 125 Å². The van der Waals surface area contributed by atoms with Crippen molar-refractivity contribution < 1.29 is 9.53 Å². The van der Waals surface area contributed by atoms with Crippen molar-refractivity contribution in [3.63, 3.8) is 0 Å². The van der Waals surface area contributed by atoms with Gasteiger partial charge >= 0.3 is 0 Å². The first-order valence-electron chi connectivity index (χ1n) is 6.83. The van der Waals surface area contributed by atoms with Crippen LogP contribution in [0.3, 0.4) is 0 Å². The Balaban J connectivity index is 2.07. The Morgan fingerprint density at radius 3 is 2.57 bits per heavy atom. The van der Waals surface area contributed by atoms with Gasteiger partial charge in [0.25, 0.3) is 0 Å². The predicted octanol–water partition coefficient (Wildman–Crippen LogP) is 2.23. The molecule has 0 aliphatic carbocycles. The molecule has 1 amide bonds. The van der Waals surface area contributed by atoms with Crippen molar-refractivity contribution in [2.75, 3.05) is 19.1 Å². The Hall–Kier alpha value is -2.33. The monoisotopic (exact) mass is 284 g/mol. The van der Waals surface area contributed by atoms with E-state index < -0.39 is 6.04 Å². The molecule has 0 fully saturated rings. The van der Waals surface area contributed by atoms with E-state index in [0.717, 1.165) is 11.3 Å². The maximum atomic E-state index is 12.4. The van der Waals surface area contributed by atoms with Crippen molar-refractivity contribution in [3.8, 4) is 5.75 Å². The molecule has 0 heterocycles. The number of nitrogens with zero attached hydrogens (tertiary/aromatic N) is 1. The van der Waals surface area contributed by atoms with Gasteiger partial charge in [-0.2, -0.15) is 0 Å². The molecule has 2 aromatic rings. The first-order chi connectivity index (χ1) is 10.1. The number of rotatable bonds is 5. The number of ether oxygens (including phenoxy) is 1. The van der Waals surface area contributed by atoms with Gasteiger partial charge in [0, 0.05) is 18.8 Å². The maximum Gasteiger partial charge on any atom is 0.243 e. The normalized spacial score (nSPS) is 11.8. The molecular weight excluding hydrogens is 264 g/mol. The van der Waals surface area contributed by atoms with Crippen LogP contribution in [0, 0.1) is 0 Å². The van der Waals surface area contributed by atoms with Crippen LogP contribution in [-0.4, -0.2) is 26.1 Å². The van der Waals surface area contributed by atoms with E-state index >= 15 is 0 Å². The van der Waals surface area contributed by atoms with E-state index in [1.165, 1.54) is 0 Å². The number of likely N-dealkylation sites (N-methyl/N-ethyl adjacent to an activating group) is 1. The zero-order chi connectivity index (χ0) is 15.2. The molecule has 0 aliphatic rings. The van der Waals surface area contributed by atoms with Gasteiger partial charge in [0.1, 0.15) is 5.75 Å². The van der Waals surface area contributed by atoms with Crippen LogP contribution >= 0.6 is 0 Å². The van der Waals surface area contributed by atoms with Gasteiger partial charge in [-0.25, -0.2) is 0 Å². The van der Waals surface area contributed by atoms with E-state index in [1.807, 2.05) is 54.6 Å². The maximum absolute atomic E-state index is 12.4. The number of anilines is 1. The summed E-state index contributed by atoms with van der Waals surface area (Å²) in [7, 11) is 3.32. The number of carbonyl (C=O) groups excluding carboxylic acids is 1. The van der Waals surface area contributed by atoms with Crippen molar-refractivity contribution in [2.24, 2.45) is 5.73 Å². The minimum Gasteiger partial charge on any atom is -0.497 e. The minimum absolute atomic E-state index is 0.118. The van der Waals surface area contributed by atoms with Gasteiger partial charge in [0.15, 0.2) is 0 Å². The van der Waals surface area contributed by atoms with Crippen molar-refractivity contribution in [1.82, 2.24) is 0 Å². The number of hydrogen-bond acceptors (Lipinski definition) is 3. The number of benzene rings is 2. The highest BCUT2D eigenvalue weighted by atomic mass is 16.5. The lowest BCUT2D eigenvalue weighted by atomic mass is 10.1. The summed E-state index contributed by atoms with van der Waals surface area (Å²) in [6.45, 7) is 0. The van der Waals surface area contributed by atoms with Crippen LogP contribution in [-0.2, 0) is 11.2 Å². The molecule has 21 heavy (non-hydrogen) atoms. The predicted molar refractivity (Wildman–Crippen MR) is 84.5 cm³/mol. The van der Waals surface area contributed by atoms with Gasteiger partial charge in [0.05, 0.1) is 13.2 Å². The molecule has 1 atom stereocenters. The second kappa shape index (κ2) is 6.90. The van der Waals surface area contributed by atoms with Crippen molar-refractivity contribution in [1.29, 1.82) is 0 Å². The lowest BCUT2D eigenvalue weighted by Gasteiger charge is -2.22. The average Bonchev–Trinajstić information content (AvgIpc) is 2.54. The Morgan fingerprint density at radius 2 is 1.90 bits per heavy atom. The van der Waals surface area contributed by atoms with E-state index in [-0.39, 0.29) is 5.91 Å². The number of nitrogens with two attached hydrogens (primary N) is 1.